The number of anilines is 1. The number of carbonyl (C=O) groups is 2. The van der Waals surface area contributed by atoms with Gasteiger partial charge in [0.2, 0.25) is 0 Å². The second kappa shape index (κ2) is 5.06. The van der Waals surface area contributed by atoms with E-state index in [1.165, 1.54) is 11.0 Å². The quantitative estimate of drug-likeness (QED) is 0.888. The van der Waals surface area contributed by atoms with Crippen LogP contribution in [0.15, 0.2) is 40.8 Å². The Morgan fingerprint density at radius 3 is 2.71 bits per heavy atom. The van der Waals surface area contributed by atoms with Crippen LogP contribution in [0.3, 0.4) is 0 Å². The van der Waals surface area contributed by atoms with E-state index in [9.17, 15) is 14.7 Å². The van der Waals surface area contributed by atoms with Gasteiger partial charge in [-0.25, -0.2) is 4.79 Å². The molecular weight excluding hydrogens is 272 g/mol. The zero-order chi connectivity index (χ0) is 15.0. The van der Waals surface area contributed by atoms with Crippen molar-refractivity contribution in [2.75, 3.05) is 4.90 Å². The molecule has 0 spiro atoms. The first-order valence-electron chi connectivity index (χ1n) is 6.55. The van der Waals surface area contributed by atoms with Crippen LogP contribution < -0.4 is 10.6 Å². The van der Waals surface area contributed by atoms with Crippen LogP contribution in [0, 0.1) is 0 Å². The highest BCUT2D eigenvalue weighted by molar-refractivity contribution is 6.09. The van der Waals surface area contributed by atoms with Crippen molar-refractivity contribution in [1.82, 2.24) is 0 Å². The van der Waals surface area contributed by atoms with Crippen LogP contribution in [0.25, 0.3) is 0 Å². The van der Waals surface area contributed by atoms with Gasteiger partial charge in [-0.2, -0.15) is 0 Å². The molecule has 0 aliphatic carbocycles. The number of hydrogen-bond donors (Lipinski definition) is 2. The largest absolute Gasteiger partial charge is 0.480 e. The fourth-order valence-electron chi connectivity index (χ4n) is 2.56. The van der Waals surface area contributed by atoms with Gasteiger partial charge >= 0.3 is 5.97 Å². The number of hydrogen-bond acceptors (Lipinski definition) is 4. The fraction of sp³-hybridized carbons (Fsp3) is 0.200. The normalized spacial score (nSPS) is 16.8. The van der Waals surface area contributed by atoms with Crippen molar-refractivity contribution in [3.05, 3.63) is 53.5 Å². The fourth-order valence-corrected chi connectivity index (χ4v) is 2.56. The van der Waals surface area contributed by atoms with Gasteiger partial charge in [-0.3, -0.25) is 9.69 Å². The number of nitrogens with two attached hydrogens (primary N) is 1. The lowest BCUT2D eigenvalue weighted by Gasteiger charge is -2.21. The smallest absolute Gasteiger partial charge is 0.327 e. The molecule has 1 aliphatic rings. The summed E-state index contributed by atoms with van der Waals surface area (Å²) in [5.74, 6) is -0.923. The Hall–Kier alpha value is -2.60. The number of carbonyl (C=O) groups excluding carboxylic acids is 1. The number of fused-ring (bicyclic) bond motifs is 1. The van der Waals surface area contributed by atoms with Gasteiger partial charge in [0.1, 0.15) is 11.8 Å². The highest BCUT2D eigenvalue weighted by Crippen LogP contribution is 2.33. The summed E-state index contributed by atoms with van der Waals surface area (Å²) in [6.45, 7) is 0.187. The number of furan rings is 1. The molecule has 2 aromatic rings. The van der Waals surface area contributed by atoms with Crippen LogP contribution in [-0.2, 0) is 17.8 Å². The second-order valence-electron chi connectivity index (χ2n) is 4.83. The van der Waals surface area contributed by atoms with Gasteiger partial charge in [0.25, 0.3) is 5.91 Å². The SMILES string of the molecule is NCc1ccc(C(=O)N2c3ccccc3CC2C(=O)O)o1. The van der Waals surface area contributed by atoms with E-state index in [4.69, 9.17) is 10.2 Å². The number of benzene rings is 1. The number of amides is 1. The van der Waals surface area contributed by atoms with Gasteiger partial charge < -0.3 is 15.3 Å². The minimum absolute atomic E-state index is 0.0957. The van der Waals surface area contributed by atoms with Gasteiger partial charge in [-0.15, -0.1) is 0 Å². The number of carboxylic acids is 1. The molecule has 0 saturated carbocycles. The van der Waals surface area contributed by atoms with E-state index in [1.54, 1.807) is 18.2 Å². The lowest BCUT2D eigenvalue weighted by Crippen LogP contribution is -2.42. The standard InChI is InChI=1S/C15H14N2O4/c16-8-10-5-6-13(21-10)14(18)17-11-4-2-1-3-9(11)7-12(17)15(19)20/h1-6,12H,7-8,16H2,(H,19,20). The van der Waals surface area contributed by atoms with Crippen LogP contribution in [0.2, 0.25) is 0 Å². The minimum Gasteiger partial charge on any atom is -0.480 e. The Bertz CT molecular complexity index is 707. The molecule has 1 amide bonds. The average Bonchev–Trinajstić information content (AvgIpc) is 3.11. The molecule has 1 aromatic carbocycles. The molecule has 1 atom stereocenters. The molecular formula is C15H14N2O4. The molecule has 108 valence electrons. The lowest BCUT2D eigenvalue weighted by molar-refractivity contribution is -0.138. The maximum absolute atomic E-state index is 12.6. The zero-order valence-electron chi connectivity index (χ0n) is 11.2. The highest BCUT2D eigenvalue weighted by Gasteiger charge is 2.39. The van der Waals surface area contributed by atoms with Crippen LogP contribution in [0.5, 0.6) is 0 Å². The Morgan fingerprint density at radius 2 is 2.05 bits per heavy atom. The average molecular weight is 286 g/mol. The molecule has 1 aromatic heterocycles. The summed E-state index contributed by atoms with van der Waals surface area (Å²) >= 11 is 0. The topological polar surface area (TPSA) is 96.8 Å². The lowest BCUT2D eigenvalue weighted by atomic mass is 10.1. The van der Waals surface area contributed by atoms with E-state index < -0.39 is 17.9 Å². The highest BCUT2D eigenvalue weighted by atomic mass is 16.4. The summed E-state index contributed by atoms with van der Waals surface area (Å²) < 4.78 is 5.34. The van der Waals surface area contributed by atoms with Crippen LogP contribution in [-0.4, -0.2) is 23.0 Å². The first kappa shape index (κ1) is 13.4. The van der Waals surface area contributed by atoms with Crippen LogP contribution in [0.4, 0.5) is 5.69 Å². The van der Waals surface area contributed by atoms with Crippen molar-refractivity contribution in [1.29, 1.82) is 0 Å². The monoisotopic (exact) mass is 286 g/mol. The van der Waals surface area contributed by atoms with E-state index in [-0.39, 0.29) is 12.3 Å². The third-order valence-corrected chi connectivity index (χ3v) is 3.55. The number of nitrogens with zero attached hydrogens (tertiary/aromatic N) is 1. The van der Waals surface area contributed by atoms with Gasteiger partial charge in [0.15, 0.2) is 5.76 Å². The minimum atomic E-state index is -1.04. The number of carboxylic acid groups (broad SMARTS) is 1. The first-order chi connectivity index (χ1) is 10.1. The summed E-state index contributed by atoms with van der Waals surface area (Å²) in [5, 5.41) is 9.36. The van der Waals surface area contributed by atoms with Crippen molar-refractivity contribution >= 4 is 17.6 Å². The van der Waals surface area contributed by atoms with E-state index in [2.05, 4.69) is 0 Å². The third-order valence-electron chi connectivity index (χ3n) is 3.55. The van der Waals surface area contributed by atoms with E-state index in [0.717, 1.165) is 5.56 Å². The molecule has 0 bridgehead atoms. The van der Waals surface area contributed by atoms with Gasteiger partial charge in [0, 0.05) is 12.1 Å². The molecule has 6 heteroatoms. The molecule has 0 radical (unpaired) electrons. The van der Waals surface area contributed by atoms with E-state index in [0.29, 0.717) is 17.9 Å². The van der Waals surface area contributed by atoms with Crippen molar-refractivity contribution in [3.63, 3.8) is 0 Å². The van der Waals surface area contributed by atoms with Crippen molar-refractivity contribution in [3.8, 4) is 0 Å². The number of para-hydroxylation sites is 1. The summed E-state index contributed by atoms with van der Waals surface area (Å²) in [6, 6.07) is 9.38. The zero-order valence-corrected chi connectivity index (χ0v) is 11.2. The molecule has 0 saturated heterocycles. The first-order valence-corrected chi connectivity index (χ1v) is 6.55. The maximum atomic E-state index is 12.6. The number of rotatable bonds is 3. The second-order valence-corrected chi connectivity index (χ2v) is 4.83. The van der Waals surface area contributed by atoms with Crippen molar-refractivity contribution in [2.45, 2.75) is 19.0 Å². The van der Waals surface area contributed by atoms with E-state index >= 15 is 0 Å². The molecule has 0 fully saturated rings. The summed E-state index contributed by atoms with van der Waals surface area (Å²) in [6.07, 6.45) is 0.293. The Labute approximate surface area is 120 Å². The van der Waals surface area contributed by atoms with Gasteiger partial charge in [0.05, 0.1) is 6.54 Å². The molecule has 21 heavy (non-hydrogen) atoms. The Balaban J connectivity index is 2.01. The summed E-state index contributed by atoms with van der Waals surface area (Å²) in [4.78, 5) is 25.3. The van der Waals surface area contributed by atoms with Gasteiger partial charge in [-0.05, 0) is 23.8 Å². The molecule has 1 aliphatic heterocycles. The molecule has 1 unspecified atom stereocenters. The third kappa shape index (κ3) is 2.19. The number of aliphatic carboxylic acids is 1. The molecule has 3 N–H and O–H groups in total. The van der Waals surface area contributed by atoms with Crippen molar-refractivity contribution in [2.24, 2.45) is 5.73 Å². The van der Waals surface area contributed by atoms with Crippen molar-refractivity contribution < 1.29 is 19.1 Å². The Kier molecular flexibility index (Phi) is 3.23. The predicted octanol–water partition coefficient (Wildman–Crippen LogP) is 1.39. The maximum Gasteiger partial charge on any atom is 0.327 e. The summed E-state index contributed by atoms with van der Waals surface area (Å²) in [7, 11) is 0. The molecule has 2 heterocycles. The van der Waals surface area contributed by atoms with Crippen LogP contribution in [0.1, 0.15) is 21.9 Å². The molecule has 3 rings (SSSR count). The molecule has 6 nitrogen and oxygen atoms in total. The van der Waals surface area contributed by atoms with Crippen LogP contribution >= 0.6 is 0 Å². The summed E-state index contributed by atoms with van der Waals surface area (Å²) in [5.41, 5.74) is 6.90. The predicted molar refractivity (Wildman–Crippen MR) is 75.0 cm³/mol. The Morgan fingerprint density at radius 1 is 1.29 bits per heavy atom. The van der Waals surface area contributed by atoms with E-state index in [1.807, 2.05) is 12.1 Å². The van der Waals surface area contributed by atoms with Gasteiger partial charge in [-0.1, -0.05) is 18.2 Å².